The average Bonchev–Trinajstić information content (AvgIpc) is 2.41. The first-order valence-electron chi connectivity index (χ1n) is 5.85. The van der Waals surface area contributed by atoms with E-state index in [1.807, 2.05) is 27.7 Å². The minimum atomic E-state index is -0.417. The van der Waals surface area contributed by atoms with Crippen LogP contribution in [0.25, 0.3) is 0 Å². The lowest BCUT2D eigenvalue weighted by Crippen LogP contribution is -2.41. The summed E-state index contributed by atoms with van der Waals surface area (Å²) in [4.78, 5) is 0. The van der Waals surface area contributed by atoms with Gasteiger partial charge in [0.1, 0.15) is 5.82 Å². The van der Waals surface area contributed by atoms with E-state index >= 15 is 0 Å². The van der Waals surface area contributed by atoms with Gasteiger partial charge in [-0.1, -0.05) is 12.1 Å². The molecular weight excluding hydrogens is 232 g/mol. The molecule has 1 heterocycles. The molecule has 1 aliphatic rings. The van der Waals surface area contributed by atoms with Crippen LogP contribution in [0.1, 0.15) is 33.3 Å². The first kappa shape index (κ1) is 15.2. The number of benzene rings is 1. The van der Waals surface area contributed by atoms with Crippen molar-refractivity contribution in [2.24, 2.45) is 0 Å². The summed E-state index contributed by atoms with van der Waals surface area (Å²) in [6, 6.07) is 4.94. The van der Waals surface area contributed by atoms with Crippen molar-refractivity contribution in [1.82, 2.24) is 6.15 Å². The van der Waals surface area contributed by atoms with E-state index in [9.17, 15) is 4.39 Å². The fourth-order valence-corrected chi connectivity index (χ4v) is 1.79. The summed E-state index contributed by atoms with van der Waals surface area (Å²) in [7, 11) is -0.417. The zero-order valence-corrected chi connectivity index (χ0v) is 11.7. The fourth-order valence-electron chi connectivity index (χ4n) is 1.79. The smallest absolute Gasteiger partial charge is 0.399 e. The van der Waals surface area contributed by atoms with Gasteiger partial charge in [-0.15, -0.1) is 0 Å². The highest BCUT2D eigenvalue weighted by Crippen LogP contribution is 2.36. The van der Waals surface area contributed by atoms with Gasteiger partial charge in [0.15, 0.2) is 0 Å². The lowest BCUT2D eigenvalue weighted by molar-refractivity contribution is 0.00578. The fraction of sp³-hybridized carbons (Fsp3) is 0.538. The number of hydrogen-bond acceptors (Lipinski definition) is 3. The minimum absolute atomic E-state index is 0. The van der Waals surface area contributed by atoms with E-state index in [4.69, 9.17) is 9.31 Å². The lowest BCUT2D eigenvalue weighted by Gasteiger charge is -2.32. The van der Waals surface area contributed by atoms with Crippen LogP contribution in [0.4, 0.5) is 4.39 Å². The number of hydrogen-bond donors (Lipinski definition) is 1. The molecule has 1 aromatic carbocycles. The molecular formula is C13H21BFNO2. The molecule has 0 unspecified atom stereocenters. The zero-order chi connectivity index (χ0) is 12.8. The zero-order valence-electron chi connectivity index (χ0n) is 11.7. The minimum Gasteiger partial charge on any atom is -0.399 e. The van der Waals surface area contributed by atoms with Crippen LogP contribution in [0.5, 0.6) is 0 Å². The monoisotopic (exact) mass is 253 g/mol. The van der Waals surface area contributed by atoms with Crippen LogP contribution in [0, 0.1) is 12.7 Å². The van der Waals surface area contributed by atoms with E-state index in [-0.39, 0.29) is 23.2 Å². The molecule has 1 fully saturated rings. The summed E-state index contributed by atoms with van der Waals surface area (Å²) in [6.07, 6.45) is 0. The maximum absolute atomic E-state index is 13.2. The largest absolute Gasteiger partial charge is 0.494 e. The Balaban J connectivity index is 0.00000162. The summed E-state index contributed by atoms with van der Waals surface area (Å²) < 4.78 is 25.0. The molecule has 100 valence electrons. The molecule has 3 N–H and O–H groups in total. The maximum Gasteiger partial charge on any atom is 0.494 e. The average molecular weight is 253 g/mol. The molecule has 0 atom stereocenters. The first-order valence-corrected chi connectivity index (χ1v) is 5.85. The van der Waals surface area contributed by atoms with Crippen molar-refractivity contribution < 1.29 is 13.7 Å². The molecule has 0 bridgehead atoms. The standard InChI is InChI=1S/C13H18BFO2.H3N/c1-9-8-10(6-7-11(9)15)14-16-12(2,3)13(4,5)17-14;/h6-8H,1-5H3;1H3. The van der Waals surface area contributed by atoms with Crippen LogP contribution < -0.4 is 11.6 Å². The van der Waals surface area contributed by atoms with Gasteiger partial charge in [-0.2, -0.15) is 0 Å². The van der Waals surface area contributed by atoms with Crippen molar-refractivity contribution in [1.29, 1.82) is 0 Å². The molecule has 0 saturated carbocycles. The van der Waals surface area contributed by atoms with Gasteiger partial charge in [0.2, 0.25) is 0 Å². The van der Waals surface area contributed by atoms with Crippen molar-refractivity contribution in [3.05, 3.63) is 29.6 Å². The number of aryl methyl sites for hydroxylation is 1. The molecule has 1 saturated heterocycles. The summed E-state index contributed by atoms with van der Waals surface area (Å²) in [6.45, 7) is 9.75. The summed E-state index contributed by atoms with van der Waals surface area (Å²) in [5.74, 6) is -0.203. The topological polar surface area (TPSA) is 53.5 Å². The van der Waals surface area contributed by atoms with Gasteiger partial charge in [-0.05, 0) is 51.7 Å². The first-order chi connectivity index (χ1) is 7.73. The van der Waals surface area contributed by atoms with Crippen molar-refractivity contribution >= 4 is 12.6 Å². The Hall–Kier alpha value is -0.905. The summed E-state index contributed by atoms with van der Waals surface area (Å²) in [5.41, 5.74) is 0.750. The van der Waals surface area contributed by atoms with Crippen molar-refractivity contribution in [3.8, 4) is 0 Å². The van der Waals surface area contributed by atoms with Crippen molar-refractivity contribution in [2.45, 2.75) is 45.8 Å². The molecule has 1 aliphatic heterocycles. The van der Waals surface area contributed by atoms with E-state index in [0.717, 1.165) is 5.46 Å². The van der Waals surface area contributed by atoms with Gasteiger partial charge >= 0.3 is 7.12 Å². The highest BCUT2D eigenvalue weighted by atomic mass is 19.1. The second kappa shape index (κ2) is 4.65. The van der Waals surface area contributed by atoms with Crippen LogP contribution >= 0.6 is 0 Å². The molecule has 5 heteroatoms. The predicted molar refractivity (Wildman–Crippen MR) is 71.9 cm³/mol. The van der Waals surface area contributed by atoms with Gasteiger partial charge < -0.3 is 15.5 Å². The third-order valence-electron chi connectivity index (χ3n) is 3.71. The van der Waals surface area contributed by atoms with E-state index in [2.05, 4.69) is 0 Å². The van der Waals surface area contributed by atoms with Gasteiger partial charge in [0.25, 0.3) is 0 Å². The van der Waals surface area contributed by atoms with Gasteiger partial charge in [0.05, 0.1) is 11.2 Å². The Labute approximate surface area is 108 Å². The van der Waals surface area contributed by atoms with Crippen LogP contribution in [-0.2, 0) is 9.31 Å². The van der Waals surface area contributed by atoms with Crippen LogP contribution in [0.2, 0.25) is 0 Å². The third-order valence-corrected chi connectivity index (χ3v) is 3.71. The van der Waals surface area contributed by atoms with Crippen molar-refractivity contribution in [3.63, 3.8) is 0 Å². The van der Waals surface area contributed by atoms with E-state index in [0.29, 0.717) is 5.56 Å². The maximum atomic E-state index is 13.2. The van der Waals surface area contributed by atoms with E-state index < -0.39 is 7.12 Å². The highest BCUT2D eigenvalue weighted by Gasteiger charge is 2.51. The van der Waals surface area contributed by atoms with Gasteiger partial charge in [-0.25, -0.2) is 4.39 Å². The molecule has 0 aliphatic carbocycles. The number of halogens is 1. The molecule has 1 aromatic rings. The quantitative estimate of drug-likeness (QED) is 0.782. The normalized spacial score (nSPS) is 20.7. The van der Waals surface area contributed by atoms with Gasteiger partial charge in [-0.3, -0.25) is 0 Å². The lowest BCUT2D eigenvalue weighted by atomic mass is 9.78. The van der Waals surface area contributed by atoms with E-state index in [1.165, 1.54) is 6.07 Å². The molecule has 0 amide bonds. The Bertz CT molecular complexity index is 433. The van der Waals surface area contributed by atoms with Crippen molar-refractivity contribution in [2.75, 3.05) is 0 Å². The van der Waals surface area contributed by atoms with Gasteiger partial charge in [0, 0.05) is 0 Å². The Kier molecular flexibility index (Phi) is 3.91. The molecule has 0 spiro atoms. The van der Waals surface area contributed by atoms with Crippen LogP contribution in [-0.4, -0.2) is 18.3 Å². The molecule has 18 heavy (non-hydrogen) atoms. The Morgan fingerprint density at radius 1 is 1.06 bits per heavy atom. The predicted octanol–water partition coefficient (Wildman–Crippen LogP) is 2.60. The SMILES string of the molecule is Cc1cc(B2OC(C)(C)C(C)(C)O2)ccc1F.N. The molecule has 2 rings (SSSR count). The summed E-state index contributed by atoms with van der Waals surface area (Å²) in [5, 5.41) is 0. The van der Waals surface area contributed by atoms with Crippen LogP contribution in [0.15, 0.2) is 18.2 Å². The second-order valence-electron chi connectivity index (χ2n) is 5.60. The Morgan fingerprint density at radius 3 is 2.00 bits per heavy atom. The number of rotatable bonds is 1. The summed E-state index contributed by atoms with van der Waals surface area (Å²) >= 11 is 0. The van der Waals surface area contributed by atoms with E-state index in [1.54, 1.807) is 19.1 Å². The molecule has 3 nitrogen and oxygen atoms in total. The molecule has 0 radical (unpaired) electrons. The third kappa shape index (κ3) is 2.43. The Morgan fingerprint density at radius 2 is 1.56 bits per heavy atom. The highest BCUT2D eigenvalue weighted by molar-refractivity contribution is 6.62. The van der Waals surface area contributed by atoms with Crippen LogP contribution in [0.3, 0.4) is 0 Å². The second-order valence-corrected chi connectivity index (χ2v) is 5.60. The molecule has 0 aromatic heterocycles.